The summed E-state index contributed by atoms with van der Waals surface area (Å²) in [4.78, 5) is 35.1. The van der Waals surface area contributed by atoms with E-state index in [-0.39, 0.29) is 31.3 Å². The van der Waals surface area contributed by atoms with Crippen LogP contribution in [0.1, 0.15) is 12.0 Å². The van der Waals surface area contributed by atoms with Crippen molar-refractivity contribution >= 4 is 17.8 Å². The number of benzene rings is 1. The quantitative estimate of drug-likeness (QED) is 0.745. The average Bonchev–Trinajstić information content (AvgIpc) is 2.73. The summed E-state index contributed by atoms with van der Waals surface area (Å²) in [6, 6.07) is 9.14. The largest absolute Gasteiger partial charge is 0.352 e. The van der Waals surface area contributed by atoms with Crippen molar-refractivity contribution in [2.75, 3.05) is 13.1 Å². The zero-order valence-corrected chi connectivity index (χ0v) is 10.4. The fourth-order valence-electron chi connectivity index (χ4n) is 1.79. The third kappa shape index (κ3) is 3.80. The van der Waals surface area contributed by atoms with Crippen LogP contribution in [-0.4, -0.2) is 35.8 Å². The summed E-state index contributed by atoms with van der Waals surface area (Å²) in [5.74, 6) is -0.467. The molecular weight excluding hydrogens is 246 g/mol. The number of carbonyl (C=O) groups excluding carboxylic acids is 3. The zero-order valence-electron chi connectivity index (χ0n) is 10.4. The average molecular weight is 261 g/mol. The second kappa shape index (κ2) is 5.99. The minimum absolute atomic E-state index is 0.0325. The number of urea groups is 1. The molecular formula is C13H15N3O3. The third-order valence-electron chi connectivity index (χ3n) is 2.81. The predicted octanol–water partition coefficient (Wildman–Crippen LogP) is 0.245. The fourth-order valence-corrected chi connectivity index (χ4v) is 1.79. The van der Waals surface area contributed by atoms with Crippen molar-refractivity contribution in [3.05, 3.63) is 35.9 Å². The number of hydrogen-bond acceptors (Lipinski definition) is 3. The van der Waals surface area contributed by atoms with Gasteiger partial charge >= 0.3 is 6.03 Å². The summed E-state index contributed by atoms with van der Waals surface area (Å²) in [6.45, 7) is 0.744. The summed E-state index contributed by atoms with van der Waals surface area (Å²) in [5, 5.41) is 4.93. The lowest BCUT2D eigenvalue weighted by Crippen LogP contribution is -2.33. The van der Waals surface area contributed by atoms with Crippen molar-refractivity contribution in [3.63, 3.8) is 0 Å². The molecule has 0 atom stereocenters. The number of carbonyl (C=O) groups is 3. The molecule has 19 heavy (non-hydrogen) atoms. The van der Waals surface area contributed by atoms with Gasteiger partial charge in [0.15, 0.2) is 0 Å². The molecule has 1 aromatic carbocycles. The van der Waals surface area contributed by atoms with Crippen LogP contribution >= 0.6 is 0 Å². The van der Waals surface area contributed by atoms with E-state index >= 15 is 0 Å². The molecule has 6 heteroatoms. The van der Waals surface area contributed by atoms with E-state index in [0.29, 0.717) is 6.54 Å². The van der Waals surface area contributed by atoms with E-state index in [2.05, 4.69) is 10.6 Å². The van der Waals surface area contributed by atoms with Crippen LogP contribution in [-0.2, 0) is 16.1 Å². The van der Waals surface area contributed by atoms with Gasteiger partial charge < -0.3 is 10.2 Å². The van der Waals surface area contributed by atoms with Gasteiger partial charge in [0.25, 0.3) is 0 Å². The van der Waals surface area contributed by atoms with Gasteiger partial charge in [0.2, 0.25) is 11.8 Å². The van der Waals surface area contributed by atoms with E-state index in [1.165, 1.54) is 4.90 Å². The minimum Gasteiger partial charge on any atom is -0.352 e. The maximum absolute atomic E-state index is 11.6. The maximum atomic E-state index is 11.6. The van der Waals surface area contributed by atoms with Crippen LogP contribution in [0.3, 0.4) is 0 Å². The van der Waals surface area contributed by atoms with E-state index < -0.39 is 6.03 Å². The van der Waals surface area contributed by atoms with Gasteiger partial charge in [-0.1, -0.05) is 30.3 Å². The van der Waals surface area contributed by atoms with Crippen LogP contribution in [0.2, 0.25) is 0 Å². The number of nitrogens with zero attached hydrogens (tertiary/aromatic N) is 1. The Morgan fingerprint density at radius 2 is 2.00 bits per heavy atom. The Kier molecular flexibility index (Phi) is 4.12. The van der Waals surface area contributed by atoms with Gasteiger partial charge in [-0.2, -0.15) is 0 Å². The van der Waals surface area contributed by atoms with Crippen LogP contribution in [0, 0.1) is 0 Å². The van der Waals surface area contributed by atoms with Crippen LogP contribution < -0.4 is 10.6 Å². The molecule has 0 bridgehead atoms. The molecule has 0 unspecified atom stereocenters. The molecule has 1 saturated heterocycles. The molecule has 1 aliphatic heterocycles. The molecule has 2 N–H and O–H groups in total. The highest BCUT2D eigenvalue weighted by Crippen LogP contribution is 2.00. The highest BCUT2D eigenvalue weighted by atomic mass is 16.2. The monoisotopic (exact) mass is 261 g/mol. The standard InChI is InChI=1S/C13H15N3O3/c17-11(14-8-10-4-2-1-3-5-10)6-7-16-9-12(18)15-13(16)19/h1-5H,6-9H2,(H,14,17)(H,15,18,19). The first-order valence-electron chi connectivity index (χ1n) is 6.04. The first-order valence-corrected chi connectivity index (χ1v) is 6.04. The molecule has 0 spiro atoms. The van der Waals surface area contributed by atoms with E-state index in [0.717, 1.165) is 5.56 Å². The zero-order chi connectivity index (χ0) is 13.7. The molecule has 1 heterocycles. The van der Waals surface area contributed by atoms with E-state index in [9.17, 15) is 14.4 Å². The maximum Gasteiger partial charge on any atom is 0.324 e. The van der Waals surface area contributed by atoms with Crippen molar-refractivity contribution in [1.29, 1.82) is 0 Å². The van der Waals surface area contributed by atoms with Crippen LogP contribution in [0.5, 0.6) is 0 Å². The smallest absolute Gasteiger partial charge is 0.324 e. The van der Waals surface area contributed by atoms with Crippen molar-refractivity contribution in [2.24, 2.45) is 0 Å². The number of amides is 4. The van der Waals surface area contributed by atoms with Gasteiger partial charge in [-0.05, 0) is 5.56 Å². The summed E-state index contributed by atoms with van der Waals surface area (Å²) in [6.07, 6.45) is 0.188. The normalized spacial score (nSPS) is 14.4. The summed E-state index contributed by atoms with van der Waals surface area (Å²) in [7, 11) is 0. The molecule has 0 radical (unpaired) electrons. The Balaban J connectivity index is 1.70. The highest BCUT2D eigenvalue weighted by molar-refractivity contribution is 6.02. The van der Waals surface area contributed by atoms with Gasteiger partial charge in [0.05, 0.1) is 0 Å². The van der Waals surface area contributed by atoms with E-state index in [1.54, 1.807) is 0 Å². The van der Waals surface area contributed by atoms with Gasteiger partial charge in [-0.3, -0.25) is 14.9 Å². The van der Waals surface area contributed by atoms with Gasteiger partial charge in [-0.25, -0.2) is 4.79 Å². The molecule has 1 aliphatic rings. The predicted molar refractivity (Wildman–Crippen MR) is 68.0 cm³/mol. The second-order valence-corrected chi connectivity index (χ2v) is 4.29. The van der Waals surface area contributed by atoms with Crippen LogP contribution in [0.4, 0.5) is 4.79 Å². The SMILES string of the molecule is O=C(CCN1CC(=O)NC1=O)NCc1ccccc1. The molecule has 1 fully saturated rings. The van der Waals surface area contributed by atoms with Gasteiger partial charge in [-0.15, -0.1) is 0 Å². The minimum atomic E-state index is -0.430. The summed E-state index contributed by atoms with van der Waals surface area (Å²) < 4.78 is 0. The topological polar surface area (TPSA) is 78.5 Å². The molecule has 1 aromatic rings. The van der Waals surface area contributed by atoms with Gasteiger partial charge in [0, 0.05) is 19.5 Å². The Bertz CT molecular complexity index is 487. The lowest BCUT2D eigenvalue weighted by molar-refractivity contribution is -0.122. The van der Waals surface area contributed by atoms with Crippen molar-refractivity contribution in [1.82, 2.24) is 15.5 Å². The molecule has 0 aromatic heterocycles. The number of rotatable bonds is 5. The molecule has 6 nitrogen and oxygen atoms in total. The second-order valence-electron chi connectivity index (χ2n) is 4.29. The molecule has 0 aliphatic carbocycles. The summed E-state index contributed by atoms with van der Waals surface area (Å²) >= 11 is 0. The first kappa shape index (κ1) is 13.1. The van der Waals surface area contributed by atoms with E-state index in [1.807, 2.05) is 30.3 Å². The Morgan fingerprint density at radius 1 is 1.26 bits per heavy atom. The van der Waals surface area contributed by atoms with Crippen molar-refractivity contribution in [3.8, 4) is 0 Å². The lowest BCUT2D eigenvalue weighted by Gasteiger charge is -2.12. The van der Waals surface area contributed by atoms with Crippen LogP contribution in [0.15, 0.2) is 30.3 Å². The Morgan fingerprint density at radius 3 is 2.63 bits per heavy atom. The van der Waals surface area contributed by atoms with Crippen molar-refractivity contribution < 1.29 is 14.4 Å². The Hall–Kier alpha value is -2.37. The van der Waals surface area contributed by atoms with Crippen molar-refractivity contribution in [2.45, 2.75) is 13.0 Å². The summed E-state index contributed by atoms with van der Waals surface area (Å²) in [5.41, 5.74) is 1.02. The van der Waals surface area contributed by atoms with Crippen LogP contribution in [0.25, 0.3) is 0 Å². The molecule has 0 saturated carbocycles. The molecule has 2 rings (SSSR count). The lowest BCUT2D eigenvalue weighted by atomic mass is 10.2. The fraction of sp³-hybridized carbons (Fsp3) is 0.308. The number of nitrogens with one attached hydrogen (secondary N) is 2. The molecule has 4 amide bonds. The molecule has 100 valence electrons. The number of hydrogen-bond donors (Lipinski definition) is 2. The van der Waals surface area contributed by atoms with Gasteiger partial charge in [0.1, 0.15) is 6.54 Å². The number of imide groups is 1. The first-order chi connectivity index (χ1) is 9.15. The third-order valence-corrected chi connectivity index (χ3v) is 2.81. The highest BCUT2D eigenvalue weighted by Gasteiger charge is 2.26. The van der Waals surface area contributed by atoms with E-state index in [4.69, 9.17) is 0 Å². The Labute approximate surface area is 110 Å².